The zero-order chi connectivity index (χ0) is 13.2. The monoisotopic (exact) mass is 262 g/mol. The smallest absolute Gasteiger partial charge is 0.277 e. The summed E-state index contributed by atoms with van der Waals surface area (Å²) < 4.78 is 15.0. The van der Waals surface area contributed by atoms with Gasteiger partial charge in [0, 0.05) is 19.3 Å². The molecule has 1 saturated heterocycles. The molecule has 7 nitrogen and oxygen atoms in total. The van der Waals surface area contributed by atoms with Gasteiger partial charge in [0.05, 0.1) is 24.1 Å². The van der Waals surface area contributed by atoms with Crippen molar-refractivity contribution in [3.63, 3.8) is 0 Å². The normalized spacial score (nSPS) is 15.0. The van der Waals surface area contributed by atoms with Gasteiger partial charge in [-0.1, -0.05) is 5.21 Å². The van der Waals surface area contributed by atoms with Gasteiger partial charge in [0.25, 0.3) is 5.91 Å². The maximum atomic E-state index is 13.3. The molecule has 2 aromatic heterocycles. The number of anilines is 1. The van der Waals surface area contributed by atoms with E-state index in [0.717, 1.165) is 19.3 Å². The Labute approximate surface area is 107 Å². The van der Waals surface area contributed by atoms with Gasteiger partial charge in [0.2, 0.25) is 0 Å². The highest BCUT2D eigenvalue weighted by Crippen LogP contribution is 2.13. The minimum atomic E-state index is -0.591. The standard InChI is InChI=1S/C11H11FN6O/c12-8-5-13-2-1-9(8)15-11(19)10-6-18(17-16-10)7-3-14-4-7/h1-2,5-7,14H,3-4H2,(H,13,15,19). The summed E-state index contributed by atoms with van der Waals surface area (Å²) in [4.78, 5) is 15.5. The number of nitrogens with one attached hydrogen (secondary N) is 2. The lowest BCUT2D eigenvalue weighted by molar-refractivity contribution is 0.102. The Kier molecular flexibility index (Phi) is 2.92. The largest absolute Gasteiger partial charge is 0.318 e. The van der Waals surface area contributed by atoms with Gasteiger partial charge in [-0.2, -0.15) is 0 Å². The van der Waals surface area contributed by atoms with E-state index in [1.165, 1.54) is 12.3 Å². The molecule has 1 aliphatic rings. The quantitative estimate of drug-likeness (QED) is 0.826. The average Bonchev–Trinajstić information content (AvgIpc) is 2.79. The molecule has 8 heteroatoms. The third kappa shape index (κ3) is 2.29. The fraction of sp³-hybridized carbons (Fsp3) is 0.273. The molecule has 0 aliphatic carbocycles. The third-order valence-corrected chi connectivity index (χ3v) is 2.90. The maximum Gasteiger partial charge on any atom is 0.277 e. The predicted molar refractivity (Wildman–Crippen MR) is 64.1 cm³/mol. The summed E-state index contributed by atoms with van der Waals surface area (Å²) in [6, 6.07) is 1.61. The lowest BCUT2D eigenvalue weighted by atomic mass is 10.2. The van der Waals surface area contributed by atoms with E-state index in [1.54, 1.807) is 10.9 Å². The average molecular weight is 262 g/mol. The summed E-state index contributed by atoms with van der Waals surface area (Å²) in [5.74, 6) is -1.09. The number of pyridine rings is 1. The van der Waals surface area contributed by atoms with E-state index in [2.05, 4.69) is 25.9 Å². The van der Waals surface area contributed by atoms with Crippen molar-refractivity contribution in [2.24, 2.45) is 0 Å². The van der Waals surface area contributed by atoms with Crippen LogP contribution in [0.2, 0.25) is 0 Å². The van der Waals surface area contributed by atoms with Crippen molar-refractivity contribution in [3.8, 4) is 0 Å². The van der Waals surface area contributed by atoms with Gasteiger partial charge in [-0.25, -0.2) is 9.07 Å². The van der Waals surface area contributed by atoms with Crippen molar-refractivity contribution in [1.82, 2.24) is 25.3 Å². The number of halogens is 1. The number of carbonyl (C=O) groups is 1. The van der Waals surface area contributed by atoms with E-state index < -0.39 is 11.7 Å². The van der Waals surface area contributed by atoms with Crippen LogP contribution in [0.4, 0.5) is 10.1 Å². The van der Waals surface area contributed by atoms with Gasteiger partial charge in [-0.15, -0.1) is 5.10 Å². The first kappa shape index (κ1) is 11.7. The second kappa shape index (κ2) is 4.73. The summed E-state index contributed by atoms with van der Waals surface area (Å²) in [5, 5.41) is 13.2. The summed E-state index contributed by atoms with van der Waals surface area (Å²) in [5.41, 5.74) is 0.225. The van der Waals surface area contributed by atoms with Gasteiger partial charge in [0.15, 0.2) is 11.5 Å². The Morgan fingerprint density at radius 1 is 1.53 bits per heavy atom. The fourth-order valence-corrected chi connectivity index (χ4v) is 1.68. The van der Waals surface area contributed by atoms with Crippen molar-refractivity contribution in [3.05, 3.63) is 36.2 Å². The minimum Gasteiger partial charge on any atom is -0.318 e. The first-order chi connectivity index (χ1) is 9.24. The van der Waals surface area contributed by atoms with Gasteiger partial charge in [-0.3, -0.25) is 9.78 Å². The Balaban J connectivity index is 1.73. The highest BCUT2D eigenvalue weighted by atomic mass is 19.1. The second-order valence-corrected chi connectivity index (χ2v) is 4.21. The van der Waals surface area contributed by atoms with Crippen molar-refractivity contribution >= 4 is 11.6 Å². The van der Waals surface area contributed by atoms with Crippen LogP contribution >= 0.6 is 0 Å². The van der Waals surface area contributed by atoms with Crippen LogP contribution in [0.15, 0.2) is 24.7 Å². The first-order valence-corrected chi connectivity index (χ1v) is 5.77. The molecule has 1 aliphatic heterocycles. The lowest BCUT2D eigenvalue weighted by Crippen LogP contribution is -2.43. The number of amides is 1. The summed E-state index contributed by atoms with van der Waals surface area (Å²) >= 11 is 0. The molecule has 0 aromatic carbocycles. The molecule has 98 valence electrons. The van der Waals surface area contributed by atoms with E-state index in [1.807, 2.05) is 0 Å². The number of aromatic nitrogens is 4. The molecule has 2 aromatic rings. The van der Waals surface area contributed by atoms with E-state index in [9.17, 15) is 9.18 Å². The highest BCUT2D eigenvalue weighted by molar-refractivity contribution is 6.02. The number of hydrogen-bond donors (Lipinski definition) is 2. The lowest BCUT2D eigenvalue weighted by Gasteiger charge is -2.26. The van der Waals surface area contributed by atoms with Gasteiger partial charge in [-0.05, 0) is 6.07 Å². The molecular weight excluding hydrogens is 251 g/mol. The van der Waals surface area contributed by atoms with Gasteiger partial charge >= 0.3 is 0 Å². The Morgan fingerprint density at radius 2 is 2.37 bits per heavy atom. The second-order valence-electron chi connectivity index (χ2n) is 4.21. The van der Waals surface area contributed by atoms with Gasteiger partial charge in [0.1, 0.15) is 0 Å². The van der Waals surface area contributed by atoms with Crippen LogP contribution in [0.3, 0.4) is 0 Å². The molecule has 0 bridgehead atoms. The predicted octanol–water partition coefficient (Wildman–Crippen LogP) is 0.209. The Bertz CT molecular complexity index is 609. The Morgan fingerprint density at radius 3 is 3.05 bits per heavy atom. The van der Waals surface area contributed by atoms with Gasteiger partial charge < -0.3 is 10.6 Å². The molecule has 0 unspecified atom stereocenters. The van der Waals surface area contributed by atoms with E-state index in [0.29, 0.717) is 0 Å². The van der Waals surface area contributed by atoms with Crippen LogP contribution < -0.4 is 10.6 Å². The van der Waals surface area contributed by atoms with Crippen molar-refractivity contribution < 1.29 is 9.18 Å². The number of hydrogen-bond acceptors (Lipinski definition) is 5. The SMILES string of the molecule is O=C(Nc1ccncc1F)c1cn(C2CNC2)nn1. The highest BCUT2D eigenvalue weighted by Gasteiger charge is 2.21. The third-order valence-electron chi connectivity index (χ3n) is 2.90. The number of nitrogens with zero attached hydrogens (tertiary/aromatic N) is 4. The van der Waals surface area contributed by atoms with Crippen molar-refractivity contribution in [2.75, 3.05) is 18.4 Å². The summed E-state index contributed by atoms with van der Waals surface area (Å²) in [7, 11) is 0. The fourth-order valence-electron chi connectivity index (χ4n) is 1.68. The van der Waals surface area contributed by atoms with Crippen LogP contribution in [-0.2, 0) is 0 Å². The zero-order valence-corrected chi connectivity index (χ0v) is 9.88. The number of rotatable bonds is 3. The molecule has 0 atom stereocenters. The molecule has 3 heterocycles. The van der Waals surface area contributed by atoms with E-state index in [4.69, 9.17) is 0 Å². The first-order valence-electron chi connectivity index (χ1n) is 5.77. The summed E-state index contributed by atoms with van der Waals surface area (Å²) in [6.07, 6.45) is 3.99. The molecule has 0 spiro atoms. The molecular formula is C11H11FN6O. The molecule has 2 N–H and O–H groups in total. The van der Waals surface area contributed by atoms with Crippen LogP contribution in [0.25, 0.3) is 0 Å². The van der Waals surface area contributed by atoms with Crippen LogP contribution in [-0.4, -0.2) is 39.0 Å². The molecule has 3 rings (SSSR count). The maximum absolute atomic E-state index is 13.3. The topological polar surface area (TPSA) is 84.7 Å². The summed E-state index contributed by atoms with van der Waals surface area (Å²) in [6.45, 7) is 1.62. The van der Waals surface area contributed by atoms with Crippen LogP contribution in [0, 0.1) is 5.82 Å². The molecule has 19 heavy (non-hydrogen) atoms. The number of carbonyl (C=O) groups excluding carboxylic acids is 1. The zero-order valence-electron chi connectivity index (χ0n) is 9.88. The molecule has 1 amide bonds. The molecule has 0 radical (unpaired) electrons. The van der Waals surface area contributed by atoms with Crippen LogP contribution in [0.1, 0.15) is 16.5 Å². The minimum absolute atomic E-state index is 0.0693. The van der Waals surface area contributed by atoms with E-state index >= 15 is 0 Å². The van der Waals surface area contributed by atoms with Crippen molar-refractivity contribution in [2.45, 2.75) is 6.04 Å². The van der Waals surface area contributed by atoms with Crippen molar-refractivity contribution in [1.29, 1.82) is 0 Å². The Hall–Kier alpha value is -2.35. The van der Waals surface area contributed by atoms with E-state index in [-0.39, 0.29) is 17.4 Å². The van der Waals surface area contributed by atoms with Crippen LogP contribution in [0.5, 0.6) is 0 Å². The molecule has 0 saturated carbocycles. The molecule has 1 fully saturated rings.